The number of halogens is 3. The molecule has 0 fully saturated rings. The quantitative estimate of drug-likeness (QED) is 0.806. The number of carbonyl (C=O) groups is 1. The molecule has 0 radical (unpaired) electrons. The molecule has 0 aliphatic carbocycles. The topological polar surface area (TPSA) is 84.1 Å². The zero-order valence-electron chi connectivity index (χ0n) is 11.7. The van der Waals surface area contributed by atoms with Crippen LogP contribution in [0.3, 0.4) is 0 Å². The molecule has 0 saturated heterocycles. The van der Waals surface area contributed by atoms with E-state index < -0.39 is 18.6 Å². The van der Waals surface area contributed by atoms with Crippen molar-refractivity contribution in [2.24, 2.45) is 0 Å². The molecular formula is C13H14F3N5O. The summed E-state index contributed by atoms with van der Waals surface area (Å²) in [6, 6.07) is 0. The minimum atomic E-state index is -4.92. The van der Waals surface area contributed by atoms with Crippen molar-refractivity contribution < 1.29 is 18.0 Å². The third-order valence-corrected chi connectivity index (χ3v) is 2.55. The van der Waals surface area contributed by atoms with Gasteiger partial charge in [-0.1, -0.05) is 18.4 Å². The fraction of sp³-hybridized carbons (Fsp3) is 0.308. The van der Waals surface area contributed by atoms with Gasteiger partial charge in [-0.3, -0.25) is 4.79 Å². The van der Waals surface area contributed by atoms with Crippen molar-refractivity contribution in [1.82, 2.24) is 15.3 Å². The first-order chi connectivity index (χ1) is 10.3. The molecule has 0 aliphatic rings. The van der Waals surface area contributed by atoms with E-state index in [-0.39, 0.29) is 12.2 Å². The highest BCUT2D eigenvalue weighted by Gasteiger charge is 2.38. The summed E-state index contributed by atoms with van der Waals surface area (Å²) in [5.41, 5.74) is 6.26. The Morgan fingerprint density at radius 2 is 2.18 bits per heavy atom. The maximum Gasteiger partial charge on any atom is 0.471 e. The first-order valence-corrected chi connectivity index (χ1v) is 6.02. The summed E-state index contributed by atoms with van der Waals surface area (Å²) in [7, 11) is 1.70. The van der Waals surface area contributed by atoms with Crippen LogP contribution in [0.2, 0.25) is 0 Å². The summed E-state index contributed by atoms with van der Waals surface area (Å²) >= 11 is 0. The Labute approximate surface area is 125 Å². The van der Waals surface area contributed by atoms with Gasteiger partial charge in [-0.2, -0.15) is 13.2 Å². The molecule has 0 saturated carbocycles. The molecule has 0 spiro atoms. The summed E-state index contributed by atoms with van der Waals surface area (Å²) in [4.78, 5) is 20.1. The molecule has 0 aliphatic heterocycles. The van der Waals surface area contributed by atoms with Crippen molar-refractivity contribution in [3.05, 3.63) is 24.7 Å². The third-order valence-electron chi connectivity index (χ3n) is 2.55. The summed E-state index contributed by atoms with van der Waals surface area (Å²) in [5, 5.41) is 1.65. The Balaban J connectivity index is 2.72. The largest absolute Gasteiger partial charge is 0.471 e. The highest BCUT2D eigenvalue weighted by molar-refractivity contribution is 5.81. The summed E-state index contributed by atoms with van der Waals surface area (Å²) in [6.45, 7) is 3.18. The first kappa shape index (κ1) is 17.3. The standard InChI is InChI=1S/C13H14F3N5O/c1-3-21(2)11-9(10(17)19-8-20-11)6-4-5-7-18-12(22)13(14,15)16/h3,8H,1,6-7H2,2H3,(H,18,22)(H2,17,19,20). The fourth-order valence-electron chi connectivity index (χ4n) is 1.41. The highest BCUT2D eigenvalue weighted by atomic mass is 19.4. The second-order valence-electron chi connectivity index (χ2n) is 4.07. The number of nitrogen functional groups attached to an aromatic ring is 1. The molecule has 1 amide bonds. The van der Waals surface area contributed by atoms with Gasteiger partial charge >= 0.3 is 12.1 Å². The second kappa shape index (κ2) is 7.31. The van der Waals surface area contributed by atoms with Crippen LogP contribution in [-0.2, 0) is 11.2 Å². The summed E-state index contributed by atoms with van der Waals surface area (Å²) in [6.07, 6.45) is -1.99. The lowest BCUT2D eigenvalue weighted by atomic mass is 10.2. The van der Waals surface area contributed by atoms with Crippen molar-refractivity contribution in [3.8, 4) is 11.8 Å². The van der Waals surface area contributed by atoms with Crippen LogP contribution in [0.15, 0.2) is 19.1 Å². The number of hydrogen-bond donors (Lipinski definition) is 2. The highest BCUT2D eigenvalue weighted by Crippen LogP contribution is 2.20. The number of carbonyl (C=O) groups excluding carboxylic acids is 1. The zero-order valence-corrected chi connectivity index (χ0v) is 11.7. The number of nitrogens with two attached hydrogens (primary N) is 1. The molecule has 0 aromatic carbocycles. The van der Waals surface area contributed by atoms with Crippen LogP contribution in [0.25, 0.3) is 0 Å². The van der Waals surface area contributed by atoms with E-state index in [4.69, 9.17) is 5.73 Å². The molecule has 6 nitrogen and oxygen atoms in total. The van der Waals surface area contributed by atoms with E-state index in [9.17, 15) is 18.0 Å². The van der Waals surface area contributed by atoms with Gasteiger partial charge in [-0.15, -0.1) is 0 Å². The van der Waals surface area contributed by atoms with Gasteiger partial charge in [0.15, 0.2) is 0 Å². The maximum absolute atomic E-state index is 11.9. The number of rotatable bonds is 4. The van der Waals surface area contributed by atoms with Crippen LogP contribution in [-0.4, -0.2) is 35.6 Å². The number of hydrogen-bond acceptors (Lipinski definition) is 5. The van der Waals surface area contributed by atoms with E-state index in [0.717, 1.165) is 0 Å². The van der Waals surface area contributed by atoms with Gasteiger partial charge in [0.25, 0.3) is 0 Å². The average Bonchev–Trinajstić information content (AvgIpc) is 2.46. The second-order valence-corrected chi connectivity index (χ2v) is 4.07. The molecule has 9 heteroatoms. The molecular weight excluding hydrogens is 299 g/mol. The normalized spacial score (nSPS) is 10.4. The van der Waals surface area contributed by atoms with Crippen LogP contribution in [0.5, 0.6) is 0 Å². The number of nitrogens with zero attached hydrogens (tertiary/aromatic N) is 3. The van der Waals surface area contributed by atoms with E-state index in [1.54, 1.807) is 17.3 Å². The molecule has 0 atom stereocenters. The Bertz CT molecular complexity index is 618. The van der Waals surface area contributed by atoms with Crippen LogP contribution in [0, 0.1) is 11.8 Å². The lowest BCUT2D eigenvalue weighted by molar-refractivity contribution is -0.173. The van der Waals surface area contributed by atoms with E-state index in [2.05, 4.69) is 28.4 Å². The summed E-state index contributed by atoms with van der Waals surface area (Å²) in [5.74, 6) is 3.71. The maximum atomic E-state index is 11.9. The lowest BCUT2D eigenvalue weighted by Crippen LogP contribution is -2.36. The van der Waals surface area contributed by atoms with Crippen molar-refractivity contribution in [3.63, 3.8) is 0 Å². The van der Waals surface area contributed by atoms with Crippen molar-refractivity contribution in [1.29, 1.82) is 0 Å². The van der Waals surface area contributed by atoms with Gasteiger partial charge in [-0.05, 0) is 6.20 Å². The molecule has 1 rings (SSSR count). The SMILES string of the molecule is C=CN(C)c1ncnc(N)c1CC#CCNC(=O)C(F)(F)F. The number of amides is 1. The van der Waals surface area contributed by atoms with Gasteiger partial charge < -0.3 is 16.0 Å². The lowest BCUT2D eigenvalue weighted by Gasteiger charge is -2.16. The molecule has 118 valence electrons. The van der Waals surface area contributed by atoms with Gasteiger partial charge in [0.05, 0.1) is 6.54 Å². The fourth-order valence-corrected chi connectivity index (χ4v) is 1.41. The predicted octanol–water partition coefficient (Wildman–Crippen LogP) is 0.863. The Hall–Kier alpha value is -2.76. The minimum Gasteiger partial charge on any atom is -0.383 e. The van der Waals surface area contributed by atoms with E-state index >= 15 is 0 Å². The zero-order chi connectivity index (χ0) is 16.8. The van der Waals surface area contributed by atoms with Crippen molar-refractivity contribution in [2.75, 3.05) is 24.2 Å². The number of alkyl halides is 3. The molecule has 3 N–H and O–H groups in total. The Morgan fingerprint density at radius 1 is 1.50 bits per heavy atom. The molecule has 0 bridgehead atoms. The summed E-state index contributed by atoms with van der Waals surface area (Å²) < 4.78 is 35.8. The Kier molecular flexibility index (Phi) is 5.74. The van der Waals surface area contributed by atoms with Crippen molar-refractivity contribution in [2.45, 2.75) is 12.6 Å². The predicted molar refractivity (Wildman–Crippen MR) is 75.6 cm³/mol. The molecule has 1 heterocycles. The average molecular weight is 313 g/mol. The van der Waals surface area contributed by atoms with Crippen LogP contribution in [0.1, 0.15) is 5.56 Å². The van der Waals surface area contributed by atoms with Gasteiger partial charge in [0, 0.05) is 19.0 Å². The van der Waals surface area contributed by atoms with Gasteiger partial charge in [0.1, 0.15) is 18.0 Å². The van der Waals surface area contributed by atoms with E-state index in [0.29, 0.717) is 11.4 Å². The first-order valence-electron chi connectivity index (χ1n) is 6.02. The van der Waals surface area contributed by atoms with Crippen LogP contribution < -0.4 is 16.0 Å². The molecule has 22 heavy (non-hydrogen) atoms. The van der Waals surface area contributed by atoms with Crippen molar-refractivity contribution >= 4 is 17.5 Å². The number of aromatic nitrogens is 2. The number of nitrogens with one attached hydrogen (secondary N) is 1. The minimum absolute atomic E-state index is 0.127. The van der Waals surface area contributed by atoms with E-state index in [1.165, 1.54) is 12.5 Å². The smallest absolute Gasteiger partial charge is 0.383 e. The number of anilines is 2. The van der Waals surface area contributed by atoms with Gasteiger partial charge in [0.2, 0.25) is 0 Å². The molecule has 1 aromatic rings. The van der Waals surface area contributed by atoms with Gasteiger partial charge in [-0.25, -0.2) is 9.97 Å². The van der Waals surface area contributed by atoms with Crippen LogP contribution in [0.4, 0.5) is 24.8 Å². The molecule has 1 aromatic heterocycles. The monoisotopic (exact) mass is 313 g/mol. The third kappa shape index (κ3) is 4.66. The Morgan fingerprint density at radius 3 is 2.77 bits per heavy atom. The molecule has 0 unspecified atom stereocenters. The van der Waals surface area contributed by atoms with E-state index in [1.807, 2.05) is 0 Å². The van der Waals surface area contributed by atoms with Crippen LogP contribution >= 0.6 is 0 Å².